The lowest BCUT2D eigenvalue weighted by atomic mass is 10.4. The van der Waals surface area contributed by atoms with Crippen molar-refractivity contribution in [3.63, 3.8) is 0 Å². The van der Waals surface area contributed by atoms with Gasteiger partial charge >= 0.3 is 0 Å². The summed E-state index contributed by atoms with van der Waals surface area (Å²) >= 11 is 0. The molecule has 0 aliphatic carbocycles. The molecule has 0 amide bonds. The first-order chi connectivity index (χ1) is 5.33. The van der Waals surface area contributed by atoms with Crippen LogP contribution in [0.4, 0.5) is 0 Å². The Morgan fingerprint density at radius 3 is 1.82 bits per heavy atom. The largest absolute Gasteiger partial charge is 0.193 e. The molecular weight excluding hydrogens is 136 g/mol. The molecule has 2 heteroatoms. The maximum atomic E-state index is 7.86. The molecule has 0 atom stereocenters. The van der Waals surface area contributed by atoms with Crippen LogP contribution in [0, 0.1) is 22.7 Å². The van der Waals surface area contributed by atoms with E-state index in [4.69, 9.17) is 10.5 Å². The monoisotopic (exact) mass is 148 g/mol. The average molecular weight is 148 g/mol. The van der Waals surface area contributed by atoms with E-state index in [1.54, 1.807) is 6.08 Å². The Hall–Kier alpha value is -1.54. The normalized spacial score (nSPS) is 8.36. The first-order valence-electron chi connectivity index (χ1n) is 3.38. The van der Waals surface area contributed by atoms with Gasteiger partial charge in [-0.1, -0.05) is 19.1 Å². The van der Waals surface area contributed by atoms with E-state index >= 15 is 0 Å². The SMILES string of the molecule is C/C=C/C#N.CCC=CC#N. The fourth-order valence-electron chi connectivity index (χ4n) is 0.245. The van der Waals surface area contributed by atoms with E-state index in [0.717, 1.165) is 6.42 Å². The maximum Gasteiger partial charge on any atom is 0.0908 e. The van der Waals surface area contributed by atoms with Crippen LogP contribution in [0.5, 0.6) is 0 Å². The van der Waals surface area contributed by atoms with Crippen molar-refractivity contribution < 1.29 is 0 Å². The summed E-state index contributed by atoms with van der Waals surface area (Å²) < 4.78 is 0. The molecule has 0 unspecified atom stereocenters. The number of nitriles is 2. The smallest absolute Gasteiger partial charge is 0.0908 e. The molecule has 0 radical (unpaired) electrons. The van der Waals surface area contributed by atoms with E-state index in [2.05, 4.69) is 0 Å². The molecule has 0 fully saturated rings. The van der Waals surface area contributed by atoms with E-state index in [0.29, 0.717) is 0 Å². The maximum absolute atomic E-state index is 7.86. The Morgan fingerprint density at radius 2 is 1.73 bits per heavy atom. The summed E-state index contributed by atoms with van der Waals surface area (Å²) in [6.45, 7) is 3.80. The summed E-state index contributed by atoms with van der Waals surface area (Å²) in [6, 6.07) is 3.72. The van der Waals surface area contributed by atoms with Gasteiger partial charge in [-0.15, -0.1) is 0 Å². The average Bonchev–Trinajstić information content (AvgIpc) is 2.04. The first-order valence-corrected chi connectivity index (χ1v) is 3.38. The third kappa shape index (κ3) is 29.5. The molecule has 0 heterocycles. The van der Waals surface area contributed by atoms with Gasteiger partial charge in [0.15, 0.2) is 0 Å². The minimum atomic E-state index is 0.952. The molecule has 0 aliphatic rings. The third-order valence-electron chi connectivity index (χ3n) is 0.669. The van der Waals surface area contributed by atoms with Gasteiger partial charge in [0.25, 0.3) is 0 Å². The Morgan fingerprint density at radius 1 is 1.18 bits per heavy atom. The van der Waals surface area contributed by atoms with Crippen LogP contribution in [0.25, 0.3) is 0 Å². The molecule has 0 aromatic rings. The number of allylic oxidation sites excluding steroid dienone is 4. The predicted octanol–water partition coefficient (Wildman–Crippen LogP) is 2.56. The molecule has 2 nitrogen and oxygen atoms in total. The molecule has 0 rings (SSSR count). The summed E-state index contributed by atoms with van der Waals surface area (Å²) in [5.74, 6) is 0. The Bertz CT molecular complexity index is 189. The van der Waals surface area contributed by atoms with Gasteiger partial charge in [-0.2, -0.15) is 10.5 Å². The van der Waals surface area contributed by atoms with Crippen LogP contribution in [0.15, 0.2) is 24.3 Å². The minimum Gasteiger partial charge on any atom is -0.193 e. The van der Waals surface area contributed by atoms with Crippen molar-refractivity contribution in [2.45, 2.75) is 20.3 Å². The van der Waals surface area contributed by atoms with Crippen LogP contribution in [0.3, 0.4) is 0 Å². The zero-order valence-corrected chi connectivity index (χ0v) is 6.91. The second-order valence-electron chi connectivity index (χ2n) is 1.57. The molecule has 0 aromatic carbocycles. The Balaban J connectivity index is 0. The van der Waals surface area contributed by atoms with Crippen molar-refractivity contribution in [3.8, 4) is 12.1 Å². The number of hydrogen-bond acceptors (Lipinski definition) is 2. The molecule has 0 N–H and O–H groups in total. The minimum absolute atomic E-state index is 0.952. The molecule has 0 saturated carbocycles. The van der Waals surface area contributed by atoms with Gasteiger partial charge < -0.3 is 0 Å². The van der Waals surface area contributed by atoms with Crippen LogP contribution in [0.1, 0.15) is 20.3 Å². The van der Waals surface area contributed by atoms with Crippen molar-refractivity contribution in [1.29, 1.82) is 10.5 Å². The lowest BCUT2D eigenvalue weighted by Gasteiger charge is -1.63. The van der Waals surface area contributed by atoms with Crippen LogP contribution in [-0.2, 0) is 0 Å². The Kier molecular flexibility index (Phi) is 17.5. The Labute approximate surface area is 68.1 Å². The highest BCUT2D eigenvalue weighted by Gasteiger charge is 1.57. The van der Waals surface area contributed by atoms with Gasteiger partial charge in [0.2, 0.25) is 0 Å². The van der Waals surface area contributed by atoms with E-state index in [9.17, 15) is 0 Å². The topological polar surface area (TPSA) is 47.6 Å². The van der Waals surface area contributed by atoms with Crippen LogP contribution in [0.2, 0.25) is 0 Å². The van der Waals surface area contributed by atoms with Gasteiger partial charge in [-0.25, -0.2) is 0 Å². The van der Waals surface area contributed by atoms with Gasteiger partial charge in [0, 0.05) is 12.2 Å². The summed E-state index contributed by atoms with van der Waals surface area (Å²) in [6.07, 6.45) is 7.38. The number of hydrogen-bond donors (Lipinski definition) is 0. The van der Waals surface area contributed by atoms with Crippen molar-refractivity contribution >= 4 is 0 Å². The highest BCUT2D eigenvalue weighted by molar-refractivity contribution is 5.00. The van der Waals surface area contributed by atoms with Gasteiger partial charge in [-0.3, -0.25) is 0 Å². The summed E-state index contributed by atoms with van der Waals surface area (Å²) in [5, 5.41) is 15.6. The van der Waals surface area contributed by atoms with E-state index < -0.39 is 0 Å². The third-order valence-corrected chi connectivity index (χ3v) is 0.669. The second kappa shape index (κ2) is 15.8. The first kappa shape index (κ1) is 12.2. The molecule has 0 aromatic heterocycles. The van der Waals surface area contributed by atoms with Crippen molar-refractivity contribution in [1.82, 2.24) is 0 Å². The fourth-order valence-corrected chi connectivity index (χ4v) is 0.245. The molecule has 0 spiro atoms. The van der Waals surface area contributed by atoms with Crippen molar-refractivity contribution in [2.24, 2.45) is 0 Å². The zero-order chi connectivity index (χ0) is 8.95. The molecule has 0 bridgehead atoms. The van der Waals surface area contributed by atoms with Crippen LogP contribution >= 0.6 is 0 Å². The van der Waals surface area contributed by atoms with Gasteiger partial charge in [-0.05, 0) is 13.3 Å². The van der Waals surface area contributed by atoms with Crippen LogP contribution < -0.4 is 0 Å². The number of nitrogens with zero attached hydrogens (tertiary/aromatic N) is 2. The van der Waals surface area contributed by atoms with Crippen molar-refractivity contribution in [3.05, 3.63) is 24.3 Å². The zero-order valence-electron chi connectivity index (χ0n) is 6.91. The molecule has 11 heavy (non-hydrogen) atoms. The lowest BCUT2D eigenvalue weighted by molar-refractivity contribution is 1.22. The second-order valence-corrected chi connectivity index (χ2v) is 1.57. The standard InChI is InChI=1S/C5H7N.C4H5N/c1-2-3-4-5-6;1-2-3-4-5/h3-4H,2H2,1H3;2-3H,1H3/b;3-2+. The van der Waals surface area contributed by atoms with Crippen LogP contribution in [-0.4, -0.2) is 0 Å². The molecule has 58 valence electrons. The highest BCUT2D eigenvalue weighted by atomic mass is 14.2. The lowest BCUT2D eigenvalue weighted by Crippen LogP contribution is -1.47. The quantitative estimate of drug-likeness (QED) is 0.536. The highest BCUT2D eigenvalue weighted by Crippen LogP contribution is 1.74. The van der Waals surface area contributed by atoms with Crippen molar-refractivity contribution in [2.75, 3.05) is 0 Å². The molecule has 0 aliphatic heterocycles. The van der Waals surface area contributed by atoms with E-state index in [-0.39, 0.29) is 0 Å². The summed E-state index contributed by atoms with van der Waals surface area (Å²) in [7, 11) is 0. The molecular formula is C9H12N2. The summed E-state index contributed by atoms with van der Waals surface area (Å²) in [4.78, 5) is 0. The predicted molar refractivity (Wildman–Crippen MR) is 45.5 cm³/mol. The summed E-state index contributed by atoms with van der Waals surface area (Å²) in [5.41, 5.74) is 0. The van der Waals surface area contributed by atoms with E-state index in [1.165, 1.54) is 12.2 Å². The van der Waals surface area contributed by atoms with Gasteiger partial charge in [0.05, 0.1) is 12.1 Å². The number of rotatable bonds is 1. The van der Waals surface area contributed by atoms with Gasteiger partial charge in [0.1, 0.15) is 0 Å². The fraction of sp³-hybridized carbons (Fsp3) is 0.333. The molecule has 0 saturated heterocycles. The van der Waals surface area contributed by atoms with E-state index in [1.807, 2.05) is 32.1 Å².